The third kappa shape index (κ3) is 6.17. The zero-order valence-electron chi connectivity index (χ0n) is 16.3. The van der Waals surface area contributed by atoms with Crippen molar-refractivity contribution < 1.29 is 0 Å². The molecule has 25 heavy (non-hydrogen) atoms. The summed E-state index contributed by atoms with van der Waals surface area (Å²) in [5, 5.41) is 0. The smallest absolute Gasteiger partial charge is 0.126 e. The molecular weight excluding hydrogens is 306 g/mol. The van der Waals surface area contributed by atoms with Crippen LogP contribution in [0.4, 0.5) is 5.82 Å². The standard InChI is InChI=1S/C22H33N3/c1-5-6-7-8-21-15-20(17(2)24-22(21)23)14-13-18-9-11-19(12-10-18)16-25(3)4/h9-12,15H,5-8,13-14,16H2,1-4H3,(H2,23,24). The highest BCUT2D eigenvalue weighted by atomic mass is 15.0. The third-order valence-electron chi connectivity index (χ3n) is 4.68. The summed E-state index contributed by atoms with van der Waals surface area (Å²) in [4.78, 5) is 6.78. The van der Waals surface area contributed by atoms with Crippen LogP contribution in [0.3, 0.4) is 0 Å². The minimum Gasteiger partial charge on any atom is -0.383 e. The first kappa shape index (κ1) is 19.5. The van der Waals surface area contributed by atoms with E-state index in [1.54, 1.807) is 0 Å². The van der Waals surface area contributed by atoms with Crippen molar-refractivity contribution in [1.82, 2.24) is 9.88 Å². The van der Waals surface area contributed by atoms with Crippen molar-refractivity contribution in [3.8, 4) is 0 Å². The van der Waals surface area contributed by atoms with Crippen molar-refractivity contribution in [3.63, 3.8) is 0 Å². The lowest BCUT2D eigenvalue weighted by Gasteiger charge is -2.12. The third-order valence-corrected chi connectivity index (χ3v) is 4.68. The molecule has 2 aromatic rings. The second-order valence-electron chi connectivity index (χ2n) is 7.29. The van der Waals surface area contributed by atoms with E-state index in [0.29, 0.717) is 5.82 Å². The molecule has 0 bridgehead atoms. The molecule has 1 heterocycles. The Hall–Kier alpha value is -1.87. The van der Waals surface area contributed by atoms with Gasteiger partial charge in [-0.1, -0.05) is 50.1 Å². The molecule has 2 N–H and O–H groups in total. The van der Waals surface area contributed by atoms with Crippen molar-refractivity contribution in [2.24, 2.45) is 0 Å². The molecular formula is C22H33N3. The maximum absolute atomic E-state index is 6.12. The fourth-order valence-electron chi connectivity index (χ4n) is 3.19. The molecule has 0 aliphatic rings. The number of hydrogen-bond donors (Lipinski definition) is 1. The highest BCUT2D eigenvalue weighted by Crippen LogP contribution is 2.19. The Bertz CT molecular complexity index is 660. The molecule has 0 aliphatic carbocycles. The van der Waals surface area contributed by atoms with Gasteiger partial charge in [0.25, 0.3) is 0 Å². The van der Waals surface area contributed by atoms with Crippen molar-refractivity contribution in [2.45, 2.75) is 58.9 Å². The van der Waals surface area contributed by atoms with Gasteiger partial charge in [-0.15, -0.1) is 0 Å². The fourth-order valence-corrected chi connectivity index (χ4v) is 3.19. The molecule has 3 nitrogen and oxygen atoms in total. The van der Waals surface area contributed by atoms with Crippen LogP contribution in [0.2, 0.25) is 0 Å². The van der Waals surface area contributed by atoms with Gasteiger partial charge in [-0.05, 0) is 69.0 Å². The van der Waals surface area contributed by atoms with Crippen molar-refractivity contribution >= 4 is 5.82 Å². The average molecular weight is 340 g/mol. The van der Waals surface area contributed by atoms with Crippen LogP contribution in [0.15, 0.2) is 30.3 Å². The second kappa shape index (κ2) is 9.57. The van der Waals surface area contributed by atoms with Crippen LogP contribution in [0, 0.1) is 6.92 Å². The Morgan fingerprint density at radius 3 is 2.24 bits per heavy atom. The van der Waals surface area contributed by atoms with Gasteiger partial charge in [-0.3, -0.25) is 0 Å². The van der Waals surface area contributed by atoms with Gasteiger partial charge >= 0.3 is 0 Å². The molecule has 0 aliphatic heterocycles. The van der Waals surface area contributed by atoms with E-state index in [4.69, 9.17) is 5.73 Å². The maximum atomic E-state index is 6.12. The summed E-state index contributed by atoms with van der Waals surface area (Å²) in [6, 6.07) is 11.3. The summed E-state index contributed by atoms with van der Waals surface area (Å²) < 4.78 is 0. The van der Waals surface area contributed by atoms with Crippen molar-refractivity contribution in [1.29, 1.82) is 0 Å². The Kier molecular flexibility index (Phi) is 7.45. The first-order valence-electron chi connectivity index (χ1n) is 9.47. The van der Waals surface area contributed by atoms with Crippen LogP contribution in [-0.2, 0) is 25.8 Å². The minimum atomic E-state index is 0.713. The quantitative estimate of drug-likeness (QED) is 0.681. The zero-order valence-corrected chi connectivity index (χ0v) is 16.3. The summed E-state index contributed by atoms with van der Waals surface area (Å²) in [5.74, 6) is 0.713. The molecule has 0 spiro atoms. The van der Waals surface area contributed by atoms with Crippen molar-refractivity contribution in [3.05, 3.63) is 58.3 Å². The molecule has 0 unspecified atom stereocenters. The normalized spacial score (nSPS) is 11.2. The molecule has 0 amide bonds. The summed E-state index contributed by atoms with van der Waals surface area (Å²) in [7, 11) is 4.20. The molecule has 1 aromatic carbocycles. The van der Waals surface area contributed by atoms with E-state index in [1.807, 2.05) is 0 Å². The van der Waals surface area contributed by atoms with Gasteiger partial charge < -0.3 is 10.6 Å². The van der Waals surface area contributed by atoms with E-state index >= 15 is 0 Å². The summed E-state index contributed by atoms with van der Waals surface area (Å²) in [6.45, 7) is 5.29. The molecule has 2 rings (SSSR count). The molecule has 0 radical (unpaired) electrons. The van der Waals surface area contributed by atoms with E-state index in [0.717, 1.165) is 31.5 Å². The number of nitrogens with zero attached hydrogens (tertiary/aromatic N) is 2. The number of anilines is 1. The number of hydrogen-bond acceptors (Lipinski definition) is 3. The number of pyridine rings is 1. The highest BCUT2D eigenvalue weighted by Gasteiger charge is 2.08. The largest absolute Gasteiger partial charge is 0.383 e. The first-order valence-corrected chi connectivity index (χ1v) is 9.47. The summed E-state index contributed by atoms with van der Waals surface area (Å²) >= 11 is 0. The molecule has 0 saturated carbocycles. The predicted octanol–water partition coefficient (Wildman–Crippen LogP) is 4.55. The highest BCUT2D eigenvalue weighted by molar-refractivity contribution is 5.44. The number of nitrogens with two attached hydrogens (primary N) is 1. The van der Waals surface area contributed by atoms with E-state index in [-0.39, 0.29) is 0 Å². The number of nitrogen functional groups attached to an aromatic ring is 1. The Morgan fingerprint density at radius 2 is 1.60 bits per heavy atom. The number of unbranched alkanes of at least 4 members (excludes halogenated alkanes) is 2. The topological polar surface area (TPSA) is 42.2 Å². The Morgan fingerprint density at radius 1 is 0.920 bits per heavy atom. The molecule has 0 fully saturated rings. The number of aromatic nitrogens is 1. The Labute approximate surface area is 153 Å². The van der Waals surface area contributed by atoms with Gasteiger partial charge in [0, 0.05) is 12.2 Å². The summed E-state index contributed by atoms with van der Waals surface area (Å²) in [6.07, 6.45) is 6.78. The predicted molar refractivity (Wildman–Crippen MR) is 108 cm³/mol. The van der Waals surface area contributed by atoms with Crippen LogP contribution < -0.4 is 5.73 Å². The minimum absolute atomic E-state index is 0.713. The van der Waals surface area contributed by atoms with E-state index in [9.17, 15) is 0 Å². The average Bonchev–Trinajstić information content (AvgIpc) is 2.57. The molecule has 136 valence electrons. The van der Waals surface area contributed by atoms with Crippen molar-refractivity contribution in [2.75, 3.05) is 19.8 Å². The monoisotopic (exact) mass is 339 g/mol. The second-order valence-corrected chi connectivity index (χ2v) is 7.29. The van der Waals surface area contributed by atoms with Crippen LogP contribution in [0.25, 0.3) is 0 Å². The lowest BCUT2D eigenvalue weighted by Crippen LogP contribution is -2.10. The van der Waals surface area contributed by atoms with Crippen LogP contribution in [-0.4, -0.2) is 24.0 Å². The SMILES string of the molecule is CCCCCc1cc(CCc2ccc(CN(C)C)cc2)c(C)nc1N. The molecule has 1 aromatic heterocycles. The molecule has 0 saturated heterocycles. The maximum Gasteiger partial charge on any atom is 0.126 e. The van der Waals surface area contributed by atoms with Crippen LogP contribution >= 0.6 is 0 Å². The number of aryl methyl sites for hydroxylation is 4. The van der Waals surface area contributed by atoms with Gasteiger partial charge in [-0.25, -0.2) is 4.98 Å². The van der Waals surface area contributed by atoms with Gasteiger partial charge in [0.15, 0.2) is 0 Å². The fraction of sp³-hybridized carbons (Fsp3) is 0.500. The van der Waals surface area contributed by atoms with Gasteiger partial charge in [0.1, 0.15) is 5.82 Å². The van der Waals surface area contributed by atoms with E-state index in [2.05, 4.69) is 68.2 Å². The Balaban J connectivity index is 2.00. The van der Waals surface area contributed by atoms with Gasteiger partial charge in [-0.2, -0.15) is 0 Å². The number of benzene rings is 1. The van der Waals surface area contributed by atoms with E-state index < -0.39 is 0 Å². The summed E-state index contributed by atoms with van der Waals surface area (Å²) in [5.41, 5.74) is 12.5. The van der Waals surface area contributed by atoms with Gasteiger partial charge in [0.2, 0.25) is 0 Å². The van der Waals surface area contributed by atoms with Crippen LogP contribution in [0.1, 0.15) is 54.1 Å². The molecule has 3 heteroatoms. The lowest BCUT2D eigenvalue weighted by atomic mass is 9.99. The first-order chi connectivity index (χ1) is 12.0. The molecule has 0 atom stereocenters. The zero-order chi connectivity index (χ0) is 18.2. The van der Waals surface area contributed by atoms with Crippen LogP contribution in [0.5, 0.6) is 0 Å². The van der Waals surface area contributed by atoms with Gasteiger partial charge in [0.05, 0.1) is 0 Å². The lowest BCUT2D eigenvalue weighted by molar-refractivity contribution is 0.402. The number of rotatable bonds is 9. The van der Waals surface area contributed by atoms with E-state index in [1.165, 1.54) is 41.5 Å².